The first kappa shape index (κ1) is 15.9. The van der Waals surface area contributed by atoms with E-state index in [0.717, 1.165) is 17.5 Å². The van der Waals surface area contributed by atoms with Gasteiger partial charge in [-0.1, -0.05) is 12.1 Å². The minimum atomic E-state index is -0.0903. The van der Waals surface area contributed by atoms with Crippen molar-refractivity contribution in [3.8, 4) is 0 Å². The lowest BCUT2D eigenvalue weighted by Gasteiger charge is -2.12. The summed E-state index contributed by atoms with van der Waals surface area (Å²) in [6.45, 7) is 0.596. The van der Waals surface area contributed by atoms with Crippen LogP contribution in [-0.2, 0) is 6.42 Å². The van der Waals surface area contributed by atoms with Gasteiger partial charge >= 0.3 is 0 Å². The highest BCUT2D eigenvalue weighted by molar-refractivity contribution is 5.97. The fourth-order valence-electron chi connectivity index (χ4n) is 2.49. The largest absolute Gasteiger partial charge is 0.378 e. The van der Waals surface area contributed by atoms with Gasteiger partial charge in [0, 0.05) is 44.3 Å². The van der Waals surface area contributed by atoms with Crippen LogP contribution >= 0.6 is 0 Å². The molecular weight excluding hydrogens is 300 g/mol. The van der Waals surface area contributed by atoms with Crippen molar-refractivity contribution in [2.24, 2.45) is 0 Å². The zero-order valence-electron chi connectivity index (χ0n) is 13.9. The Kier molecular flexibility index (Phi) is 4.70. The van der Waals surface area contributed by atoms with E-state index in [9.17, 15) is 4.79 Å². The monoisotopic (exact) mass is 320 g/mol. The number of carbonyl (C=O) groups excluding carboxylic acids is 1. The smallest absolute Gasteiger partial charge is 0.251 e. The molecule has 0 atom stereocenters. The molecule has 0 saturated heterocycles. The highest BCUT2D eigenvalue weighted by Gasteiger charge is 2.07. The number of aromatic nitrogens is 2. The van der Waals surface area contributed by atoms with Gasteiger partial charge in [0.05, 0.1) is 11.0 Å². The summed E-state index contributed by atoms with van der Waals surface area (Å²) in [6.07, 6.45) is 4.07. The van der Waals surface area contributed by atoms with Gasteiger partial charge in [0.1, 0.15) is 0 Å². The summed E-state index contributed by atoms with van der Waals surface area (Å²) in [4.78, 5) is 22.8. The Hall–Kier alpha value is -2.95. The van der Waals surface area contributed by atoms with Crippen LogP contribution in [-0.4, -0.2) is 36.5 Å². The second-order valence-corrected chi connectivity index (χ2v) is 5.83. The third-order valence-corrected chi connectivity index (χ3v) is 3.88. The SMILES string of the molecule is CN(C)c1ccc(CCNC(=O)c2ccc3nccnc3c2)cc1. The van der Waals surface area contributed by atoms with E-state index in [-0.39, 0.29) is 5.91 Å². The predicted molar refractivity (Wildman–Crippen MR) is 96.3 cm³/mol. The number of hydrogen-bond acceptors (Lipinski definition) is 4. The van der Waals surface area contributed by atoms with E-state index >= 15 is 0 Å². The molecule has 0 aliphatic rings. The second-order valence-electron chi connectivity index (χ2n) is 5.83. The first-order chi connectivity index (χ1) is 11.6. The fraction of sp³-hybridized carbons (Fsp3) is 0.211. The molecule has 1 heterocycles. The predicted octanol–water partition coefficient (Wildman–Crippen LogP) is 2.67. The van der Waals surface area contributed by atoms with E-state index in [4.69, 9.17) is 0 Å². The van der Waals surface area contributed by atoms with E-state index in [1.807, 2.05) is 20.2 Å². The number of amides is 1. The molecule has 24 heavy (non-hydrogen) atoms. The van der Waals surface area contributed by atoms with Gasteiger partial charge in [0.25, 0.3) is 5.91 Å². The summed E-state index contributed by atoms with van der Waals surface area (Å²) in [7, 11) is 4.03. The van der Waals surface area contributed by atoms with Crippen LogP contribution in [0.4, 0.5) is 5.69 Å². The Labute approximate surface area is 141 Å². The molecule has 0 saturated carbocycles. The van der Waals surface area contributed by atoms with Crippen molar-refractivity contribution in [1.29, 1.82) is 0 Å². The average Bonchev–Trinajstić information content (AvgIpc) is 2.61. The van der Waals surface area contributed by atoms with Gasteiger partial charge < -0.3 is 10.2 Å². The molecule has 1 N–H and O–H groups in total. The van der Waals surface area contributed by atoms with Gasteiger partial charge in [0.2, 0.25) is 0 Å². The summed E-state index contributed by atoms with van der Waals surface area (Å²) in [5.41, 5.74) is 4.48. The van der Waals surface area contributed by atoms with E-state index in [2.05, 4.69) is 44.5 Å². The molecule has 1 amide bonds. The van der Waals surface area contributed by atoms with Crippen LogP contribution in [0.25, 0.3) is 11.0 Å². The lowest BCUT2D eigenvalue weighted by Crippen LogP contribution is -2.25. The third kappa shape index (κ3) is 3.68. The number of benzene rings is 2. The van der Waals surface area contributed by atoms with E-state index < -0.39 is 0 Å². The standard InChI is InChI=1S/C19H20N4O/c1-23(2)16-6-3-14(4-7-16)9-10-22-19(24)15-5-8-17-18(13-15)21-12-11-20-17/h3-8,11-13H,9-10H2,1-2H3,(H,22,24). The number of nitrogens with one attached hydrogen (secondary N) is 1. The summed E-state index contributed by atoms with van der Waals surface area (Å²) in [5, 5.41) is 2.95. The van der Waals surface area contributed by atoms with E-state index in [1.165, 1.54) is 11.3 Å². The van der Waals surface area contributed by atoms with Crippen molar-refractivity contribution in [1.82, 2.24) is 15.3 Å². The van der Waals surface area contributed by atoms with Gasteiger partial charge in [-0.3, -0.25) is 14.8 Å². The number of hydrogen-bond donors (Lipinski definition) is 1. The number of carbonyl (C=O) groups is 1. The van der Waals surface area contributed by atoms with Crippen LogP contribution in [0, 0.1) is 0 Å². The molecule has 3 rings (SSSR count). The summed E-state index contributed by atoms with van der Waals surface area (Å²) in [6, 6.07) is 13.7. The van der Waals surface area contributed by atoms with Crippen LogP contribution in [0.2, 0.25) is 0 Å². The van der Waals surface area contributed by atoms with Gasteiger partial charge in [-0.25, -0.2) is 0 Å². The zero-order valence-corrected chi connectivity index (χ0v) is 13.9. The maximum Gasteiger partial charge on any atom is 0.251 e. The lowest BCUT2D eigenvalue weighted by atomic mass is 10.1. The fourth-order valence-corrected chi connectivity index (χ4v) is 2.49. The highest BCUT2D eigenvalue weighted by atomic mass is 16.1. The third-order valence-electron chi connectivity index (χ3n) is 3.88. The Morgan fingerprint density at radius 1 is 1.00 bits per heavy atom. The first-order valence-corrected chi connectivity index (χ1v) is 7.89. The number of fused-ring (bicyclic) bond motifs is 1. The van der Waals surface area contributed by atoms with Crippen LogP contribution < -0.4 is 10.2 Å². The Bertz CT molecular complexity index is 843. The minimum absolute atomic E-state index is 0.0903. The number of rotatable bonds is 5. The van der Waals surface area contributed by atoms with Crippen molar-refractivity contribution in [3.05, 3.63) is 66.0 Å². The molecule has 2 aromatic carbocycles. The van der Waals surface area contributed by atoms with Crippen molar-refractivity contribution >= 4 is 22.6 Å². The van der Waals surface area contributed by atoms with Crippen molar-refractivity contribution in [2.45, 2.75) is 6.42 Å². The average molecular weight is 320 g/mol. The summed E-state index contributed by atoms with van der Waals surface area (Å²) in [5.74, 6) is -0.0903. The van der Waals surface area contributed by atoms with Crippen LogP contribution in [0.1, 0.15) is 15.9 Å². The quantitative estimate of drug-likeness (QED) is 0.785. The zero-order chi connectivity index (χ0) is 16.9. The molecule has 5 heteroatoms. The normalized spacial score (nSPS) is 10.6. The molecule has 0 spiro atoms. The van der Waals surface area contributed by atoms with E-state index in [0.29, 0.717) is 12.1 Å². The van der Waals surface area contributed by atoms with Crippen molar-refractivity contribution < 1.29 is 4.79 Å². The molecule has 0 aliphatic carbocycles. The molecule has 1 aromatic heterocycles. The van der Waals surface area contributed by atoms with Crippen LogP contribution in [0.15, 0.2) is 54.9 Å². The van der Waals surface area contributed by atoms with Crippen molar-refractivity contribution in [2.75, 3.05) is 25.5 Å². The maximum absolute atomic E-state index is 12.3. The highest BCUT2D eigenvalue weighted by Crippen LogP contribution is 2.13. The maximum atomic E-state index is 12.3. The van der Waals surface area contributed by atoms with Crippen molar-refractivity contribution in [3.63, 3.8) is 0 Å². The van der Waals surface area contributed by atoms with E-state index in [1.54, 1.807) is 24.5 Å². The molecule has 0 aliphatic heterocycles. The van der Waals surface area contributed by atoms with Gasteiger partial charge in [-0.2, -0.15) is 0 Å². The molecule has 0 radical (unpaired) electrons. The van der Waals surface area contributed by atoms with Crippen LogP contribution in [0.3, 0.4) is 0 Å². The van der Waals surface area contributed by atoms with Gasteiger partial charge in [-0.05, 0) is 42.3 Å². The van der Waals surface area contributed by atoms with Gasteiger partial charge in [0.15, 0.2) is 0 Å². The molecular formula is C19H20N4O. The number of anilines is 1. The molecule has 5 nitrogen and oxygen atoms in total. The Morgan fingerprint density at radius 2 is 1.71 bits per heavy atom. The summed E-state index contributed by atoms with van der Waals surface area (Å²) < 4.78 is 0. The Balaban J connectivity index is 1.58. The first-order valence-electron chi connectivity index (χ1n) is 7.89. The molecule has 122 valence electrons. The Morgan fingerprint density at radius 3 is 2.42 bits per heavy atom. The molecule has 0 bridgehead atoms. The lowest BCUT2D eigenvalue weighted by molar-refractivity contribution is 0.0954. The second kappa shape index (κ2) is 7.08. The van der Waals surface area contributed by atoms with Crippen LogP contribution in [0.5, 0.6) is 0 Å². The summed E-state index contributed by atoms with van der Waals surface area (Å²) >= 11 is 0. The number of nitrogens with zero attached hydrogens (tertiary/aromatic N) is 3. The topological polar surface area (TPSA) is 58.1 Å². The molecule has 0 unspecified atom stereocenters. The minimum Gasteiger partial charge on any atom is -0.378 e. The molecule has 3 aromatic rings. The molecule has 0 fully saturated rings. The van der Waals surface area contributed by atoms with Gasteiger partial charge in [-0.15, -0.1) is 0 Å².